The molecular weight excluding hydrogens is 194 g/mol. The first-order valence-electron chi connectivity index (χ1n) is 4.61. The summed E-state index contributed by atoms with van der Waals surface area (Å²) in [6, 6.07) is 6.79. The van der Waals surface area contributed by atoms with Crippen molar-refractivity contribution in [1.82, 2.24) is 0 Å². The smallest absolute Gasteiger partial charge is 0.354 e. The molecule has 0 fully saturated rings. The molecule has 0 amide bonds. The summed E-state index contributed by atoms with van der Waals surface area (Å²) < 4.78 is 4.98. The molecule has 15 heavy (non-hydrogen) atoms. The van der Waals surface area contributed by atoms with Gasteiger partial charge in [-0.25, -0.2) is 4.79 Å². The molecule has 0 radical (unpaired) electrons. The minimum Gasteiger partial charge on any atom is -0.497 e. The van der Waals surface area contributed by atoms with E-state index in [2.05, 4.69) is 4.99 Å². The Bertz CT molecular complexity index is 368. The number of ether oxygens (including phenoxy) is 1. The number of nitrogens with zero attached hydrogens (tertiary/aromatic N) is 1. The molecule has 4 heteroatoms. The molecule has 1 aromatic rings. The summed E-state index contributed by atoms with van der Waals surface area (Å²) in [4.78, 5) is 14.8. The van der Waals surface area contributed by atoms with Crippen LogP contribution in [0.1, 0.15) is 12.5 Å². The Hall–Kier alpha value is -1.84. The van der Waals surface area contributed by atoms with Crippen LogP contribution in [0.3, 0.4) is 0 Å². The van der Waals surface area contributed by atoms with Crippen LogP contribution in [0.2, 0.25) is 0 Å². The zero-order chi connectivity index (χ0) is 11.3. The van der Waals surface area contributed by atoms with Crippen molar-refractivity contribution in [3.8, 4) is 5.75 Å². The third-order valence-electron chi connectivity index (χ3n) is 1.88. The maximum atomic E-state index is 10.9. The first-order valence-corrected chi connectivity index (χ1v) is 4.61. The van der Waals surface area contributed by atoms with Crippen molar-refractivity contribution in [2.75, 3.05) is 13.7 Å². The van der Waals surface area contributed by atoms with Gasteiger partial charge in [0.15, 0.2) is 0 Å². The predicted molar refractivity (Wildman–Crippen MR) is 57.7 cm³/mol. The van der Waals surface area contributed by atoms with E-state index in [9.17, 15) is 4.79 Å². The van der Waals surface area contributed by atoms with E-state index in [0.29, 0.717) is 17.9 Å². The topological polar surface area (TPSA) is 58.9 Å². The van der Waals surface area contributed by atoms with Gasteiger partial charge in [-0.05, 0) is 31.2 Å². The number of methoxy groups -OCH3 is 1. The van der Waals surface area contributed by atoms with E-state index in [0.717, 1.165) is 0 Å². The SMILES string of the molecule is CCN=C(C(=O)O)c1ccc(OC)cc1. The Kier molecular flexibility index (Phi) is 3.85. The summed E-state index contributed by atoms with van der Waals surface area (Å²) in [5.74, 6) is -0.318. The third kappa shape index (κ3) is 2.80. The highest BCUT2D eigenvalue weighted by atomic mass is 16.5. The molecular formula is C11H13NO3. The van der Waals surface area contributed by atoms with Gasteiger partial charge in [0.2, 0.25) is 0 Å². The fourth-order valence-electron chi connectivity index (χ4n) is 1.19. The Morgan fingerprint density at radius 2 is 2.00 bits per heavy atom. The number of carboxylic acids is 1. The summed E-state index contributed by atoms with van der Waals surface area (Å²) in [6.45, 7) is 2.25. The number of hydrogen-bond acceptors (Lipinski definition) is 3. The monoisotopic (exact) mass is 207 g/mol. The second-order valence-electron chi connectivity index (χ2n) is 2.86. The third-order valence-corrected chi connectivity index (χ3v) is 1.88. The highest BCUT2D eigenvalue weighted by Gasteiger charge is 2.11. The van der Waals surface area contributed by atoms with E-state index in [1.807, 2.05) is 0 Å². The standard InChI is InChI=1S/C11H13NO3/c1-3-12-10(11(13)14)8-4-6-9(15-2)7-5-8/h4-7H,3H2,1-2H3,(H,13,14). The van der Waals surface area contributed by atoms with Gasteiger partial charge >= 0.3 is 5.97 Å². The van der Waals surface area contributed by atoms with Gasteiger partial charge in [0, 0.05) is 12.1 Å². The van der Waals surface area contributed by atoms with Crippen LogP contribution >= 0.6 is 0 Å². The summed E-state index contributed by atoms with van der Waals surface area (Å²) in [5, 5.41) is 8.92. The molecule has 0 spiro atoms. The quantitative estimate of drug-likeness (QED) is 0.763. The molecule has 4 nitrogen and oxygen atoms in total. The van der Waals surface area contributed by atoms with Gasteiger partial charge in [-0.15, -0.1) is 0 Å². The van der Waals surface area contributed by atoms with Crippen LogP contribution in [0.15, 0.2) is 29.3 Å². The molecule has 0 aliphatic heterocycles. The number of aliphatic imine (C=N–C) groups is 1. The van der Waals surface area contributed by atoms with E-state index in [1.165, 1.54) is 0 Å². The lowest BCUT2D eigenvalue weighted by Gasteiger charge is -2.03. The highest BCUT2D eigenvalue weighted by Crippen LogP contribution is 2.12. The van der Waals surface area contributed by atoms with Crippen LogP contribution < -0.4 is 4.74 Å². The number of hydrogen-bond donors (Lipinski definition) is 1. The molecule has 0 atom stereocenters. The molecule has 80 valence electrons. The largest absolute Gasteiger partial charge is 0.497 e. The number of aliphatic carboxylic acids is 1. The Morgan fingerprint density at radius 3 is 2.40 bits per heavy atom. The zero-order valence-electron chi connectivity index (χ0n) is 8.73. The average molecular weight is 207 g/mol. The van der Waals surface area contributed by atoms with Gasteiger partial charge in [0.1, 0.15) is 11.5 Å². The predicted octanol–water partition coefficient (Wildman–Crippen LogP) is 1.59. The number of benzene rings is 1. The van der Waals surface area contributed by atoms with Crippen molar-refractivity contribution >= 4 is 11.7 Å². The molecule has 0 bridgehead atoms. The van der Waals surface area contributed by atoms with Crippen molar-refractivity contribution < 1.29 is 14.6 Å². The van der Waals surface area contributed by atoms with Gasteiger partial charge in [0.05, 0.1) is 7.11 Å². The summed E-state index contributed by atoms with van der Waals surface area (Å²) >= 11 is 0. The average Bonchev–Trinajstić information content (AvgIpc) is 2.26. The van der Waals surface area contributed by atoms with Crippen molar-refractivity contribution in [1.29, 1.82) is 0 Å². The van der Waals surface area contributed by atoms with E-state index in [1.54, 1.807) is 38.3 Å². The molecule has 1 N–H and O–H groups in total. The summed E-state index contributed by atoms with van der Waals surface area (Å²) in [6.07, 6.45) is 0. The lowest BCUT2D eigenvalue weighted by atomic mass is 10.1. The number of rotatable bonds is 4. The normalized spacial score (nSPS) is 11.2. The molecule has 0 aliphatic rings. The highest BCUT2D eigenvalue weighted by molar-refractivity contribution is 6.42. The second-order valence-corrected chi connectivity index (χ2v) is 2.86. The molecule has 1 rings (SSSR count). The van der Waals surface area contributed by atoms with Gasteiger partial charge in [-0.3, -0.25) is 4.99 Å². The number of carboxylic acid groups (broad SMARTS) is 1. The minimum absolute atomic E-state index is 0.0835. The lowest BCUT2D eigenvalue weighted by Crippen LogP contribution is -2.14. The zero-order valence-corrected chi connectivity index (χ0v) is 8.73. The van der Waals surface area contributed by atoms with Crippen LogP contribution in [-0.4, -0.2) is 30.4 Å². The fourth-order valence-corrected chi connectivity index (χ4v) is 1.19. The van der Waals surface area contributed by atoms with Crippen LogP contribution in [0, 0.1) is 0 Å². The first-order chi connectivity index (χ1) is 7.19. The first kappa shape index (κ1) is 11.2. The summed E-state index contributed by atoms with van der Waals surface area (Å²) in [7, 11) is 1.56. The minimum atomic E-state index is -1.01. The maximum Gasteiger partial charge on any atom is 0.354 e. The molecule has 0 unspecified atom stereocenters. The molecule has 1 aromatic carbocycles. The second kappa shape index (κ2) is 5.14. The Morgan fingerprint density at radius 1 is 1.40 bits per heavy atom. The van der Waals surface area contributed by atoms with Crippen LogP contribution in [0.4, 0.5) is 0 Å². The Labute approximate surface area is 88.2 Å². The molecule has 0 aliphatic carbocycles. The van der Waals surface area contributed by atoms with Crippen molar-refractivity contribution in [2.45, 2.75) is 6.92 Å². The van der Waals surface area contributed by atoms with E-state index < -0.39 is 5.97 Å². The van der Waals surface area contributed by atoms with Gasteiger partial charge in [-0.1, -0.05) is 0 Å². The van der Waals surface area contributed by atoms with E-state index in [4.69, 9.17) is 9.84 Å². The molecule has 0 saturated heterocycles. The Balaban J connectivity index is 3.02. The van der Waals surface area contributed by atoms with Crippen molar-refractivity contribution in [3.63, 3.8) is 0 Å². The summed E-state index contributed by atoms with van der Waals surface area (Å²) in [5.41, 5.74) is 0.672. The van der Waals surface area contributed by atoms with E-state index in [-0.39, 0.29) is 5.71 Å². The molecule has 0 aromatic heterocycles. The van der Waals surface area contributed by atoms with Crippen LogP contribution in [-0.2, 0) is 4.79 Å². The number of carbonyl (C=O) groups is 1. The van der Waals surface area contributed by atoms with E-state index >= 15 is 0 Å². The van der Waals surface area contributed by atoms with Crippen molar-refractivity contribution in [2.24, 2.45) is 4.99 Å². The maximum absolute atomic E-state index is 10.9. The lowest BCUT2D eigenvalue weighted by molar-refractivity contribution is -0.129. The van der Waals surface area contributed by atoms with Crippen molar-refractivity contribution in [3.05, 3.63) is 29.8 Å². The van der Waals surface area contributed by atoms with Gasteiger partial charge < -0.3 is 9.84 Å². The van der Waals surface area contributed by atoms with Gasteiger partial charge in [-0.2, -0.15) is 0 Å². The van der Waals surface area contributed by atoms with Crippen LogP contribution in [0.5, 0.6) is 5.75 Å². The fraction of sp³-hybridized carbons (Fsp3) is 0.273. The van der Waals surface area contributed by atoms with Gasteiger partial charge in [0.25, 0.3) is 0 Å². The van der Waals surface area contributed by atoms with Crippen LogP contribution in [0.25, 0.3) is 0 Å². The molecule has 0 heterocycles. The molecule has 0 saturated carbocycles.